The Morgan fingerprint density at radius 3 is 2.84 bits per heavy atom. The topological polar surface area (TPSA) is 44.4 Å². The molecule has 1 aromatic rings. The molecule has 2 rings (SSSR count). The number of nitrogens with one attached hydrogen (secondary N) is 2. The summed E-state index contributed by atoms with van der Waals surface area (Å²) in [6, 6.07) is 6.98. The predicted molar refractivity (Wildman–Crippen MR) is 78.7 cm³/mol. The molecule has 19 heavy (non-hydrogen) atoms. The zero-order chi connectivity index (χ0) is 13.7. The van der Waals surface area contributed by atoms with Crippen LogP contribution >= 0.6 is 11.6 Å². The molecular formula is C14H20ClN3O. The van der Waals surface area contributed by atoms with E-state index in [2.05, 4.69) is 22.6 Å². The molecule has 1 heterocycles. The minimum atomic E-state index is -0.166. The van der Waals surface area contributed by atoms with Gasteiger partial charge in [0.1, 0.15) is 0 Å². The van der Waals surface area contributed by atoms with E-state index in [-0.39, 0.29) is 6.03 Å². The number of halogens is 1. The van der Waals surface area contributed by atoms with Crippen LogP contribution in [0, 0.1) is 5.92 Å². The van der Waals surface area contributed by atoms with E-state index in [1.54, 1.807) is 12.1 Å². The molecule has 0 spiro atoms. The van der Waals surface area contributed by atoms with Gasteiger partial charge in [-0.1, -0.05) is 17.7 Å². The van der Waals surface area contributed by atoms with Crippen LogP contribution in [0.15, 0.2) is 24.3 Å². The average molecular weight is 282 g/mol. The van der Waals surface area contributed by atoms with Gasteiger partial charge in [-0.25, -0.2) is 4.79 Å². The number of likely N-dealkylation sites (tertiary alicyclic amines) is 1. The summed E-state index contributed by atoms with van der Waals surface area (Å²) in [5.41, 5.74) is 0.716. The van der Waals surface area contributed by atoms with E-state index in [9.17, 15) is 4.79 Å². The van der Waals surface area contributed by atoms with Crippen molar-refractivity contribution in [2.75, 3.05) is 32.0 Å². The first-order valence-electron chi connectivity index (χ1n) is 6.62. The number of nitrogens with zero attached hydrogens (tertiary/aromatic N) is 1. The summed E-state index contributed by atoms with van der Waals surface area (Å²) in [4.78, 5) is 14.1. The van der Waals surface area contributed by atoms with Crippen LogP contribution in [0.1, 0.15) is 12.8 Å². The van der Waals surface area contributed by atoms with Crippen LogP contribution in [0.4, 0.5) is 10.5 Å². The normalized spacial score (nSPS) is 17.2. The van der Waals surface area contributed by atoms with Crippen LogP contribution < -0.4 is 10.6 Å². The summed E-state index contributed by atoms with van der Waals surface area (Å²) in [5, 5.41) is 6.33. The first kappa shape index (κ1) is 14.2. The Morgan fingerprint density at radius 2 is 2.16 bits per heavy atom. The summed E-state index contributed by atoms with van der Waals surface area (Å²) in [6.45, 7) is 2.96. The molecule has 5 heteroatoms. The van der Waals surface area contributed by atoms with Gasteiger partial charge in [0.05, 0.1) is 0 Å². The summed E-state index contributed by atoms with van der Waals surface area (Å²) in [6.07, 6.45) is 2.29. The van der Waals surface area contributed by atoms with Crippen LogP contribution in [0.5, 0.6) is 0 Å². The van der Waals surface area contributed by atoms with Gasteiger partial charge in [0.2, 0.25) is 0 Å². The van der Waals surface area contributed by atoms with E-state index in [0.29, 0.717) is 16.6 Å². The fraction of sp³-hybridized carbons (Fsp3) is 0.500. The molecule has 0 bridgehead atoms. The SMILES string of the molecule is CN1CCC(CNC(=O)Nc2cccc(Cl)c2)CC1. The van der Waals surface area contributed by atoms with Gasteiger partial charge in [0.15, 0.2) is 0 Å². The molecule has 2 amide bonds. The summed E-state index contributed by atoms with van der Waals surface area (Å²) in [7, 11) is 2.13. The maximum Gasteiger partial charge on any atom is 0.319 e. The van der Waals surface area contributed by atoms with Crippen LogP contribution in [-0.2, 0) is 0 Å². The largest absolute Gasteiger partial charge is 0.338 e. The molecule has 2 N–H and O–H groups in total. The molecule has 0 radical (unpaired) electrons. The minimum Gasteiger partial charge on any atom is -0.338 e. The minimum absolute atomic E-state index is 0.166. The Morgan fingerprint density at radius 1 is 1.42 bits per heavy atom. The van der Waals surface area contributed by atoms with E-state index in [0.717, 1.165) is 32.5 Å². The predicted octanol–water partition coefficient (Wildman–Crippen LogP) is 2.80. The third-order valence-electron chi connectivity index (χ3n) is 3.47. The van der Waals surface area contributed by atoms with Gasteiger partial charge in [0.25, 0.3) is 0 Å². The fourth-order valence-electron chi connectivity index (χ4n) is 2.24. The molecule has 1 aliphatic rings. The van der Waals surface area contributed by atoms with Crippen LogP contribution in [-0.4, -0.2) is 37.6 Å². The van der Waals surface area contributed by atoms with Gasteiger partial charge < -0.3 is 15.5 Å². The third kappa shape index (κ3) is 4.73. The maximum atomic E-state index is 11.8. The molecule has 4 nitrogen and oxygen atoms in total. The van der Waals surface area contributed by atoms with Gasteiger partial charge in [-0.2, -0.15) is 0 Å². The van der Waals surface area contributed by atoms with Gasteiger partial charge in [-0.05, 0) is 57.1 Å². The highest BCUT2D eigenvalue weighted by atomic mass is 35.5. The highest BCUT2D eigenvalue weighted by Gasteiger charge is 2.17. The number of benzene rings is 1. The highest BCUT2D eigenvalue weighted by Crippen LogP contribution is 2.16. The van der Waals surface area contributed by atoms with Crippen molar-refractivity contribution in [2.45, 2.75) is 12.8 Å². The van der Waals surface area contributed by atoms with Crippen molar-refractivity contribution < 1.29 is 4.79 Å². The standard InChI is InChI=1S/C14H20ClN3O/c1-18-7-5-11(6-8-18)10-16-14(19)17-13-4-2-3-12(15)9-13/h2-4,9,11H,5-8,10H2,1H3,(H2,16,17,19). The number of rotatable bonds is 3. The Hall–Kier alpha value is -1.26. The van der Waals surface area contributed by atoms with E-state index < -0.39 is 0 Å². The number of hydrogen-bond donors (Lipinski definition) is 2. The molecule has 1 saturated heterocycles. The lowest BCUT2D eigenvalue weighted by molar-refractivity contribution is 0.213. The number of hydrogen-bond acceptors (Lipinski definition) is 2. The number of carbonyl (C=O) groups is 1. The lowest BCUT2D eigenvalue weighted by Gasteiger charge is -2.28. The Labute approximate surface area is 119 Å². The fourth-order valence-corrected chi connectivity index (χ4v) is 2.44. The van der Waals surface area contributed by atoms with Gasteiger partial charge >= 0.3 is 6.03 Å². The van der Waals surface area contributed by atoms with Crippen LogP contribution in [0.2, 0.25) is 5.02 Å². The molecule has 0 saturated carbocycles. The Bertz CT molecular complexity index is 430. The first-order chi connectivity index (χ1) is 9.13. The van der Waals surface area contributed by atoms with Crippen molar-refractivity contribution in [2.24, 2.45) is 5.92 Å². The van der Waals surface area contributed by atoms with Crippen LogP contribution in [0.3, 0.4) is 0 Å². The second kappa shape index (κ2) is 6.78. The smallest absolute Gasteiger partial charge is 0.319 e. The van der Waals surface area contributed by atoms with Crippen molar-refractivity contribution in [3.8, 4) is 0 Å². The van der Waals surface area contributed by atoms with Gasteiger partial charge in [-0.3, -0.25) is 0 Å². The number of piperidine rings is 1. The second-order valence-corrected chi connectivity index (χ2v) is 5.53. The number of carbonyl (C=O) groups excluding carboxylic acids is 1. The maximum absolute atomic E-state index is 11.8. The molecule has 1 aromatic carbocycles. The quantitative estimate of drug-likeness (QED) is 0.895. The van der Waals surface area contributed by atoms with Crippen molar-refractivity contribution in [3.63, 3.8) is 0 Å². The van der Waals surface area contributed by atoms with Crippen molar-refractivity contribution in [1.29, 1.82) is 0 Å². The Balaban J connectivity index is 1.73. The molecule has 0 aliphatic carbocycles. The second-order valence-electron chi connectivity index (χ2n) is 5.09. The molecule has 0 atom stereocenters. The highest BCUT2D eigenvalue weighted by molar-refractivity contribution is 6.30. The van der Waals surface area contributed by atoms with E-state index >= 15 is 0 Å². The summed E-state index contributed by atoms with van der Waals surface area (Å²) in [5.74, 6) is 0.585. The molecule has 0 aromatic heterocycles. The average Bonchev–Trinajstić information content (AvgIpc) is 2.38. The van der Waals surface area contributed by atoms with E-state index in [4.69, 9.17) is 11.6 Å². The third-order valence-corrected chi connectivity index (χ3v) is 3.71. The van der Waals surface area contributed by atoms with E-state index in [1.807, 2.05) is 12.1 Å². The molecule has 1 fully saturated rings. The van der Waals surface area contributed by atoms with Crippen molar-refractivity contribution in [3.05, 3.63) is 29.3 Å². The van der Waals surface area contributed by atoms with Crippen molar-refractivity contribution in [1.82, 2.24) is 10.2 Å². The summed E-state index contributed by atoms with van der Waals surface area (Å²) < 4.78 is 0. The lowest BCUT2D eigenvalue weighted by atomic mass is 9.97. The first-order valence-corrected chi connectivity index (χ1v) is 7.00. The molecular weight excluding hydrogens is 262 g/mol. The summed E-state index contributed by atoms with van der Waals surface area (Å²) >= 11 is 5.86. The Kier molecular flexibility index (Phi) is 5.05. The van der Waals surface area contributed by atoms with Gasteiger partial charge in [-0.15, -0.1) is 0 Å². The zero-order valence-corrected chi connectivity index (χ0v) is 11.9. The van der Waals surface area contributed by atoms with Crippen LogP contribution in [0.25, 0.3) is 0 Å². The number of amides is 2. The molecule has 104 valence electrons. The molecule has 0 unspecified atom stereocenters. The van der Waals surface area contributed by atoms with E-state index in [1.165, 1.54) is 0 Å². The molecule has 1 aliphatic heterocycles. The lowest BCUT2D eigenvalue weighted by Crippen LogP contribution is -2.38. The van der Waals surface area contributed by atoms with Gasteiger partial charge in [0, 0.05) is 17.3 Å². The monoisotopic (exact) mass is 281 g/mol. The number of anilines is 1. The number of urea groups is 1. The van der Waals surface area contributed by atoms with Crippen molar-refractivity contribution >= 4 is 23.3 Å². The zero-order valence-electron chi connectivity index (χ0n) is 11.2.